The van der Waals surface area contributed by atoms with Gasteiger partial charge in [-0.1, -0.05) is 6.07 Å². The van der Waals surface area contributed by atoms with E-state index in [4.69, 9.17) is 4.74 Å². The summed E-state index contributed by atoms with van der Waals surface area (Å²) in [5.41, 5.74) is 1.52. The molecule has 0 radical (unpaired) electrons. The van der Waals surface area contributed by atoms with Gasteiger partial charge in [0.2, 0.25) is 0 Å². The molecule has 4 rings (SSSR count). The van der Waals surface area contributed by atoms with Crippen molar-refractivity contribution < 1.29 is 30.0 Å². The summed E-state index contributed by atoms with van der Waals surface area (Å²) in [5, 5.41) is 47.9. The van der Waals surface area contributed by atoms with Crippen LogP contribution in [0.1, 0.15) is 70.0 Å². The predicted octanol–water partition coefficient (Wildman–Crippen LogP) is 0.230. The SMILES string of the molecule is CC(C)(C)OC(=O)C1CCCN(c2ccc3c(c2)C(O)N(C2CCC(O)NC2O)C3O)CN1. The number of nitrogens with zero attached hydrogens (tertiary/aromatic N) is 2. The van der Waals surface area contributed by atoms with Crippen LogP contribution in [0, 0.1) is 0 Å². The van der Waals surface area contributed by atoms with Gasteiger partial charge in [0.25, 0.3) is 0 Å². The van der Waals surface area contributed by atoms with Gasteiger partial charge in [0, 0.05) is 23.4 Å². The van der Waals surface area contributed by atoms with Crippen molar-refractivity contribution in [2.24, 2.45) is 0 Å². The molecule has 0 bridgehead atoms. The average molecular weight is 465 g/mol. The second-order valence-electron chi connectivity index (χ2n) is 10.1. The number of carbonyl (C=O) groups excluding carboxylic acids is 1. The molecule has 0 aromatic heterocycles. The molecule has 2 saturated heterocycles. The molecule has 184 valence electrons. The predicted molar refractivity (Wildman–Crippen MR) is 121 cm³/mol. The van der Waals surface area contributed by atoms with E-state index in [0.29, 0.717) is 37.1 Å². The molecule has 0 spiro atoms. The molecule has 6 atom stereocenters. The van der Waals surface area contributed by atoms with E-state index in [0.717, 1.165) is 18.7 Å². The van der Waals surface area contributed by atoms with Crippen LogP contribution >= 0.6 is 0 Å². The lowest BCUT2D eigenvalue weighted by Gasteiger charge is -2.40. The van der Waals surface area contributed by atoms with Crippen LogP contribution in [0.4, 0.5) is 5.69 Å². The van der Waals surface area contributed by atoms with Gasteiger partial charge in [-0.3, -0.25) is 15.4 Å². The zero-order valence-corrected chi connectivity index (χ0v) is 19.4. The zero-order chi connectivity index (χ0) is 23.9. The van der Waals surface area contributed by atoms with E-state index in [-0.39, 0.29) is 12.0 Å². The lowest BCUT2D eigenvalue weighted by molar-refractivity contribution is -0.159. The number of esters is 1. The first-order valence-corrected chi connectivity index (χ1v) is 11.7. The molecule has 0 aliphatic carbocycles. The minimum Gasteiger partial charge on any atom is -0.459 e. The zero-order valence-electron chi connectivity index (χ0n) is 19.4. The topological polar surface area (TPSA) is 138 Å². The summed E-state index contributed by atoms with van der Waals surface area (Å²) in [7, 11) is 0. The van der Waals surface area contributed by atoms with Crippen molar-refractivity contribution >= 4 is 11.7 Å². The fourth-order valence-electron chi connectivity index (χ4n) is 4.91. The summed E-state index contributed by atoms with van der Waals surface area (Å²) in [6.07, 6.45) is -1.68. The maximum Gasteiger partial charge on any atom is 0.323 e. The molecule has 1 aromatic rings. The number of nitrogens with one attached hydrogen (secondary N) is 2. The minimum absolute atomic E-state index is 0.253. The summed E-state index contributed by atoms with van der Waals surface area (Å²) >= 11 is 0. The van der Waals surface area contributed by atoms with Gasteiger partial charge in [0.1, 0.15) is 36.6 Å². The van der Waals surface area contributed by atoms with Gasteiger partial charge < -0.3 is 30.1 Å². The first-order chi connectivity index (χ1) is 15.5. The Morgan fingerprint density at radius 2 is 1.79 bits per heavy atom. The first-order valence-electron chi connectivity index (χ1n) is 11.7. The van der Waals surface area contributed by atoms with E-state index >= 15 is 0 Å². The monoisotopic (exact) mass is 464 g/mol. The van der Waals surface area contributed by atoms with Crippen molar-refractivity contribution in [3.05, 3.63) is 29.3 Å². The van der Waals surface area contributed by atoms with Gasteiger partial charge in [-0.05, 0) is 58.6 Å². The van der Waals surface area contributed by atoms with Gasteiger partial charge in [0.05, 0.1) is 12.7 Å². The van der Waals surface area contributed by atoms with E-state index in [1.54, 1.807) is 6.07 Å². The van der Waals surface area contributed by atoms with Crippen LogP contribution in [0.15, 0.2) is 18.2 Å². The molecule has 3 heterocycles. The number of benzene rings is 1. The number of fused-ring (bicyclic) bond motifs is 1. The Balaban J connectivity index is 1.46. The van der Waals surface area contributed by atoms with Gasteiger partial charge in [0.15, 0.2) is 0 Å². The number of ether oxygens (including phenoxy) is 1. The number of carbonyl (C=O) groups is 1. The second-order valence-corrected chi connectivity index (χ2v) is 10.1. The number of hydrogen-bond acceptors (Lipinski definition) is 10. The van der Waals surface area contributed by atoms with Gasteiger partial charge >= 0.3 is 5.97 Å². The molecule has 0 amide bonds. The van der Waals surface area contributed by atoms with E-state index in [1.807, 2.05) is 32.9 Å². The van der Waals surface area contributed by atoms with Crippen LogP contribution in [-0.2, 0) is 9.53 Å². The molecule has 6 unspecified atom stereocenters. The Morgan fingerprint density at radius 3 is 2.48 bits per heavy atom. The number of rotatable bonds is 3. The molecule has 10 nitrogen and oxygen atoms in total. The van der Waals surface area contributed by atoms with Crippen LogP contribution in [0.5, 0.6) is 0 Å². The maximum absolute atomic E-state index is 12.5. The molecular weight excluding hydrogens is 428 g/mol. The molecule has 1 aromatic carbocycles. The number of piperidine rings is 1. The Kier molecular flexibility index (Phi) is 6.97. The standard InChI is InChI=1S/C23H36N4O6/c1-23(2,3)33-22(32)16-5-4-10-26(12-24-16)13-6-7-14-15(11-13)21(31)27(20(14)30)17-8-9-18(28)25-19(17)29/h6-7,11,16-21,24-25,28-31H,4-5,8-10,12H2,1-3H3. The van der Waals surface area contributed by atoms with Gasteiger partial charge in [-0.25, -0.2) is 4.90 Å². The average Bonchev–Trinajstić information content (AvgIpc) is 2.90. The maximum atomic E-state index is 12.5. The minimum atomic E-state index is -1.08. The van der Waals surface area contributed by atoms with Crippen LogP contribution < -0.4 is 15.5 Å². The van der Waals surface area contributed by atoms with Crippen LogP contribution in [0.25, 0.3) is 0 Å². The third kappa shape index (κ3) is 5.17. The van der Waals surface area contributed by atoms with E-state index in [2.05, 4.69) is 15.5 Å². The first kappa shape index (κ1) is 24.3. The quantitative estimate of drug-likeness (QED) is 0.345. The summed E-state index contributed by atoms with van der Waals surface area (Å²) in [4.78, 5) is 16.0. The summed E-state index contributed by atoms with van der Waals surface area (Å²) in [6, 6.07) is 4.64. The molecule has 3 aliphatic heterocycles. The highest BCUT2D eigenvalue weighted by molar-refractivity contribution is 5.76. The van der Waals surface area contributed by atoms with Crippen LogP contribution in [-0.4, -0.2) is 74.6 Å². The third-order valence-corrected chi connectivity index (χ3v) is 6.54. The van der Waals surface area contributed by atoms with Crippen molar-refractivity contribution in [1.82, 2.24) is 15.5 Å². The van der Waals surface area contributed by atoms with E-state index < -0.39 is 36.6 Å². The largest absolute Gasteiger partial charge is 0.459 e. The van der Waals surface area contributed by atoms with Crippen molar-refractivity contribution in [2.75, 3.05) is 18.1 Å². The molecule has 10 heteroatoms. The summed E-state index contributed by atoms with van der Waals surface area (Å²) < 4.78 is 5.52. The fourth-order valence-corrected chi connectivity index (χ4v) is 4.91. The highest BCUT2D eigenvalue weighted by Crippen LogP contribution is 2.44. The van der Waals surface area contributed by atoms with Crippen molar-refractivity contribution in [3.8, 4) is 0 Å². The normalized spacial score (nSPS) is 33.5. The Morgan fingerprint density at radius 1 is 1.06 bits per heavy atom. The van der Waals surface area contributed by atoms with E-state index in [9.17, 15) is 25.2 Å². The number of aliphatic hydroxyl groups excluding tert-OH is 4. The summed E-state index contributed by atoms with van der Waals surface area (Å²) in [6.45, 7) is 6.74. The molecule has 0 saturated carbocycles. The fraction of sp³-hybridized carbons (Fsp3) is 0.696. The highest BCUT2D eigenvalue weighted by Gasteiger charge is 2.45. The smallest absolute Gasteiger partial charge is 0.323 e. The second kappa shape index (κ2) is 9.46. The van der Waals surface area contributed by atoms with E-state index in [1.165, 1.54) is 4.90 Å². The Labute approximate surface area is 194 Å². The van der Waals surface area contributed by atoms with Crippen LogP contribution in [0.3, 0.4) is 0 Å². The Bertz CT molecular complexity index is 862. The van der Waals surface area contributed by atoms with Crippen LogP contribution in [0.2, 0.25) is 0 Å². The van der Waals surface area contributed by atoms with Gasteiger partial charge in [-0.15, -0.1) is 0 Å². The lowest BCUT2D eigenvalue weighted by Crippen LogP contribution is -2.57. The molecular formula is C23H36N4O6. The van der Waals surface area contributed by atoms with Crippen molar-refractivity contribution in [2.45, 2.75) is 89.1 Å². The van der Waals surface area contributed by atoms with Crippen molar-refractivity contribution in [3.63, 3.8) is 0 Å². The number of aliphatic hydroxyl groups is 4. The van der Waals surface area contributed by atoms with Crippen molar-refractivity contribution in [1.29, 1.82) is 0 Å². The third-order valence-electron chi connectivity index (χ3n) is 6.54. The molecule has 2 fully saturated rings. The summed E-state index contributed by atoms with van der Waals surface area (Å²) in [5.74, 6) is -0.253. The number of hydrogen-bond donors (Lipinski definition) is 6. The highest BCUT2D eigenvalue weighted by atomic mass is 16.6. The van der Waals surface area contributed by atoms with Gasteiger partial charge in [-0.2, -0.15) is 0 Å². The molecule has 6 N–H and O–H groups in total. The number of anilines is 1. The molecule has 3 aliphatic rings. The Hall–Kier alpha value is -1.79. The molecule has 33 heavy (non-hydrogen) atoms. The lowest BCUT2D eigenvalue weighted by atomic mass is 10.0.